The first-order valence-corrected chi connectivity index (χ1v) is 8.35. The molecule has 2 aliphatic rings. The van der Waals surface area contributed by atoms with Crippen molar-refractivity contribution in [1.29, 1.82) is 0 Å². The normalized spacial score (nSPS) is 22.8. The van der Waals surface area contributed by atoms with Crippen molar-refractivity contribution in [3.8, 4) is 0 Å². The van der Waals surface area contributed by atoms with Gasteiger partial charge in [0.1, 0.15) is 5.52 Å². The van der Waals surface area contributed by atoms with Gasteiger partial charge in [-0.1, -0.05) is 6.07 Å². The number of rotatable bonds is 3. The number of nitrogens with zero attached hydrogens (tertiary/aromatic N) is 2. The van der Waals surface area contributed by atoms with Gasteiger partial charge in [0, 0.05) is 32.6 Å². The highest BCUT2D eigenvalue weighted by Crippen LogP contribution is 2.28. The van der Waals surface area contributed by atoms with Crippen molar-refractivity contribution in [3.05, 3.63) is 29.7 Å². The van der Waals surface area contributed by atoms with Crippen molar-refractivity contribution in [3.63, 3.8) is 0 Å². The molecule has 2 fully saturated rings. The number of amides is 2. The molecule has 2 N–H and O–H groups in total. The summed E-state index contributed by atoms with van der Waals surface area (Å²) in [5, 5.41) is 5.72. The zero-order valence-corrected chi connectivity index (χ0v) is 13.4. The van der Waals surface area contributed by atoms with Crippen LogP contribution in [-0.2, 0) is 16.1 Å². The summed E-state index contributed by atoms with van der Waals surface area (Å²) in [5.41, 5.74) is 2.37. The van der Waals surface area contributed by atoms with Gasteiger partial charge in [0.15, 0.2) is 5.58 Å². The highest BCUT2D eigenvalue weighted by molar-refractivity contribution is 6.01. The first kappa shape index (κ1) is 15.3. The van der Waals surface area contributed by atoms with Crippen LogP contribution in [0, 0.1) is 0 Å². The molecule has 24 heavy (non-hydrogen) atoms. The summed E-state index contributed by atoms with van der Waals surface area (Å²) < 4.78 is 5.89. The minimum atomic E-state index is -0.297. The fourth-order valence-electron chi connectivity index (χ4n) is 3.35. The van der Waals surface area contributed by atoms with Crippen LogP contribution in [-0.4, -0.2) is 47.9 Å². The first-order chi connectivity index (χ1) is 11.7. The van der Waals surface area contributed by atoms with Gasteiger partial charge < -0.3 is 9.73 Å². The largest absolute Gasteiger partial charge is 0.439 e. The molecule has 2 amide bonds. The predicted molar refractivity (Wildman–Crippen MR) is 87.3 cm³/mol. The van der Waals surface area contributed by atoms with Crippen LogP contribution in [0.4, 0.5) is 0 Å². The van der Waals surface area contributed by atoms with E-state index in [9.17, 15) is 9.59 Å². The van der Waals surface area contributed by atoms with E-state index in [4.69, 9.17) is 4.42 Å². The Morgan fingerprint density at radius 1 is 1.25 bits per heavy atom. The lowest BCUT2D eigenvalue weighted by molar-refractivity contribution is -0.134. The van der Waals surface area contributed by atoms with E-state index in [-0.39, 0.29) is 17.7 Å². The lowest BCUT2D eigenvalue weighted by atomic mass is 9.90. The van der Waals surface area contributed by atoms with E-state index in [0.29, 0.717) is 30.9 Å². The number of imide groups is 1. The van der Waals surface area contributed by atoms with Crippen LogP contribution in [0.2, 0.25) is 0 Å². The molecule has 2 aliphatic heterocycles. The van der Waals surface area contributed by atoms with Gasteiger partial charge in [0.05, 0.1) is 12.5 Å². The number of benzene rings is 1. The number of piperidine rings is 1. The third-order valence-corrected chi connectivity index (χ3v) is 4.67. The van der Waals surface area contributed by atoms with Crippen molar-refractivity contribution in [2.24, 2.45) is 0 Å². The maximum atomic E-state index is 12.0. The van der Waals surface area contributed by atoms with Crippen LogP contribution in [0.25, 0.3) is 11.1 Å². The number of piperazine rings is 1. The Morgan fingerprint density at radius 2 is 2.08 bits per heavy atom. The zero-order chi connectivity index (χ0) is 16.5. The number of aromatic nitrogens is 1. The van der Waals surface area contributed by atoms with Crippen LogP contribution >= 0.6 is 0 Å². The third kappa shape index (κ3) is 3.05. The fraction of sp³-hybridized carbons (Fsp3) is 0.471. The molecule has 0 bridgehead atoms. The number of carbonyl (C=O) groups excluding carboxylic acids is 2. The lowest BCUT2D eigenvalue weighted by Crippen LogP contribution is -2.42. The Morgan fingerprint density at radius 3 is 2.88 bits per heavy atom. The number of hydrogen-bond acceptors (Lipinski definition) is 6. The minimum absolute atomic E-state index is 0.199. The Bertz CT molecular complexity index is 779. The van der Waals surface area contributed by atoms with Crippen LogP contribution in [0.3, 0.4) is 0 Å². The molecule has 0 aliphatic carbocycles. The SMILES string of the molecule is O=C1CCC(c2ccc3nc(CN4CCNCC4)oc3c2)C(=O)N1. The highest BCUT2D eigenvalue weighted by atomic mass is 16.3. The molecule has 0 radical (unpaired) electrons. The number of nitrogens with one attached hydrogen (secondary N) is 2. The summed E-state index contributed by atoms with van der Waals surface area (Å²) in [5.74, 6) is -0.0254. The van der Waals surface area contributed by atoms with Crippen molar-refractivity contribution in [2.45, 2.75) is 25.3 Å². The molecule has 2 saturated heterocycles. The molecule has 2 aromatic rings. The molecule has 126 valence electrons. The summed E-state index contributed by atoms with van der Waals surface area (Å²) in [6, 6.07) is 5.67. The average molecular weight is 328 g/mol. The van der Waals surface area contributed by atoms with E-state index in [1.165, 1.54) is 0 Å². The molecule has 1 atom stereocenters. The van der Waals surface area contributed by atoms with Crippen molar-refractivity contribution in [2.75, 3.05) is 26.2 Å². The Labute approximate surface area is 139 Å². The molecular formula is C17H20N4O3. The quantitative estimate of drug-likeness (QED) is 0.809. The smallest absolute Gasteiger partial charge is 0.234 e. The van der Waals surface area contributed by atoms with E-state index in [0.717, 1.165) is 37.3 Å². The van der Waals surface area contributed by atoms with E-state index >= 15 is 0 Å². The van der Waals surface area contributed by atoms with Gasteiger partial charge >= 0.3 is 0 Å². The molecule has 0 spiro atoms. The summed E-state index contributed by atoms with van der Waals surface area (Å²) in [7, 11) is 0. The molecular weight excluding hydrogens is 308 g/mol. The molecule has 1 aromatic carbocycles. The summed E-state index contributed by atoms with van der Waals surface area (Å²) in [6.07, 6.45) is 0.914. The summed E-state index contributed by atoms with van der Waals surface area (Å²) in [6.45, 7) is 4.64. The van der Waals surface area contributed by atoms with Crippen LogP contribution in [0.5, 0.6) is 0 Å². The van der Waals surface area contributed by atoms with Gasteiger partial charge in [-0.2, -0.15) is 0 Å². The van der Waals surface area contributed by atoms with Crippen molar-refractivity contribution < 1.29 is 14.0 Å². The molecule has 1 unspecified atom stereocenters. The monoisotopic (exact) mass is 328 g/mol. The van der Waals surface area contributed by atoms with Gasteiger partial charge in [0.2, 0.25) is 17.7 Å². The van der Waals surface area contributed by atoms with Crippen LogP contribution in [0.15, 0.2) is 22.6 Å². The Kier molecular flexibility index (Phi) is 4.03. The fourth-order valence-corrected chi connectivity index (χ4v) is 3.35. The van der Waals surface area contributed by atoms with Gasteiger partial charge in [-0.25, -0.2) is 4.98 Å². The topological polar surface area (TPSA) is 87.5 Å². The Balaban J connectivity index is 1.54. The van der Waals surface area contributed by atoms with Crippen LogP contribution in [0.1, 0.15) is 30.2 Å². The molecule has 1 aromatic heterocycles. The molecule has 0 saturated carbocycles. The van der Waals surface area contributed by atoms with Gasteiger partial charge in [-0.15, -0.1) is 0 Å². The van der Waals surface area contributed by atoms with Gasteiger partial charge in [-0.3, -0.25) is 19.8 Å². The first-order valence-electron chi connectivity index (χ1n) is 8.35. The number of carbonyl (C=O) groups is 2. The lowest BCUT2D eigenvalue weighted by Gasteiger charge is -2.25. The van der Waals surface area contributed by atoms with Crippen molar-refractivity contribution in [1.82, 2.24) is 20.5 Å². The average Bonchev–Trinajstić information content (AvgIpc) is 2.97. The number of hydrogen-bond donors (Lipinski definition) is 2. The Hall–Kier alpha value is -2.25. The molecule has 7 heteroatoms. The number of fused-ring (bicyclic) bond motifs is 1. The molecule has 3 heterocycles. The van der Waals surface area contributed by atoms with E-state index < -0.39 is 0 Å². The molecule has 7 nitrogen and oxygen atoms in total. The van der Waals surface area contributed by atoms with Crippen LogP contribution < -0.4 is 10.6 Å². The van der Waals surface area contributed by atoms with Crippen molar-refractivity contribution >= 4 is 22.9 Å². The maximum absolute atomic E-state index is 12.0. The zero-order valence-electron chi connectivity index (χ0n) is 13.4. The second-order valence-corrected chi connectivity index (χ2v) is 6.36. The van der Waals surface area contributed by atoms with E-state index in [1.807, 2.05) is 18.2 Å². The standard InChI is InChI=1S/C17H20N4O3/c22-15-4-2-12(17(23)20-15)11-1-3-13-14(9-11)24-16(19-13)10-21-7-5-18-6-8-21/h1,3,9,12,18H,2,4-8,10H2,(H,20,22,23). The van der Waals surface area contributed by atoms with E-state index in [2.05, 4.69) is 20.5 Å². The van der Waals surface area contributed by atoms with E-state index in [1.54, 1.807) is 0 Å². The minimum Gasteiger partial charge on any atom is -0.439 e. The summed E-state index contributed by atoms with van der Waals surface area (Å²) >= 11 is 0. The second kappa shape index (κ2) is 6.33. The highest BCUT2D eigenvalue weighted by Gasteiger charge is 2.28. The summed E-state index contributed by atoms with van der Waals surface area (Å²) in [4.78, 5) is 30.2. The maximum Gasteiger partial charge on any atom is 0.234 e. The second-order valence-electron chi connectivity index (χ2n) is 6.36. The molecule has 4 rings (SSSR count). The third-order valence-electron chi connectivity index (χ3n) is 4.67. The van der Waals surface area contributed by atoms with Gasteiger partial charge in [0.25, 0.3) is 0 Å². The predicted octanol–water partition coefficient (Wildman–Crippen LogP) is 0.753. The number of oxazole rings is 1. The van der Waals surface area contributed by atoms with Gasteiger partial charge in [-0.05, 0) is 24.1 Å².